The molecule has 8 rings (SSSR count). The van der Waals surface area contributed by atoms with Crippen LogP contribution in [0.3, 0.4) is 0 Å². The Hall–Kier alpha value is -1.96. The van der Waals surface area contributed by atoms with Crippen molar-refractivity contribution in [3.05, 3.63) is 11.6 Å². The van der Waals surface area contributed by atoms with Gasteiger partial charge in [0.25, 0.3) is 0 Å². The van der Waals surface area contributed by atoms with Gasteiger partial charge in [0.15, 0.2) is 12.6 Å². The molecule has 4 saturated carbocycles. The fourth-order valence-corrected chi connectivity index (χ4v) is 14.8. The molecule has 12 N–H and O–H groups in total. The fourth-order valence-electron chi connectivity index (χ4n) is 14.8. The number of aliphatic hydroxyl groups is 11. The first-order chi connectivity index (χ1) is 31.8. The molecule has 0 unspecified atom stereocenters. The van der Waals surface area contributed by atoms with Crippen LogP contribution in [-0.4, -0.2) is 191 Å². The Bertz CT molecular complexity index is 1900. The van der Waals surface area contributed by atoms with Crippen molar-refractivity contribution in [2.45, 2.75) is 204 Å². The van der Waals surface area contributed by atoms with Crippen LogP contribution in [0.2, 0.25) is 0 Å². The molecular weight excluding hydrogens is 897 g/mol. The van der Waals surface area contributed by atoms with Crippen LogP contribution in [-0.2, 0) is 38.0 Å². The summed E-state index contributed by atoms with van der Waals surface area (Å²) in [5.41, 5.74) is -2.97. The molecule has 0 amide bonds. The van der Waals surface area contributed by atoms with Crippen LogP contribution >= 0.6 is 0 Å². The first kappa shape index (κ1) is 52.4. The lowest BCUT2D eigenvalue weighted by atomic mass is 9.33. The number of fused-ring (bicyclic) bond motifs is 7. The van der Waals surface area contributed by atoms with Crippen LogP contribution in [0.15, 0.2) is 11.6 Å². The minimum atomic E-state index is -1.90. The maximum atomic E-state index is 15.0. The highest BCUT2D eigenvalue weighted by Crippen LogP contribution is 2.76. The van der Waals surface area contributed by atoms with E-state index >= 15 is 0 Å². The Kier molecular flexibility index (Phi) is 14.3. The molecule has 3 heterocycles. The molecule has 3 saturated heterocycles. The third-order valence-corrected chi connectivity index (χ3v) is 19.6. The Morgan fingerprint density at radius 1 is 0.691 bits per heavy atom. The quantitative estimate of drug-likeness (QED) is 0.0942. The van der Waals surface area contributed by atoms with E-state index in [0.29, 0.717) is 57.8 Å². The molecule has 0 aromatic rings. The molecule has 0 aromatic heterocycles. The van der Waals surface area contributed by atoms with Crippen molar-refractivity contribution < 1.29 is 99.3 Å². The maximum absolute atomic E-state index is 15.0. The number of carboxylic acid groups (broad SMARTS) is 1. The molecule has 0 bridgehead atoms. The van der Waals surface area contributed by atoms with Crippen molar-refractivity contribution in [3.63, 3.8) is 0 Å². The number of aliphatic hydroxyl groups excluding tert-OH is 11. The highest BCUT2D eigenvalue weighted by molar-refractivity contribution is 5.79. The zero-order chi connectivity index (χ0) is 49.8. The number of hydrogen-bond donors (Lipinski definition) is 12. The number of esters is 1. The molecule has 0 radical (unpaired) electrons. The molecule has 20 nitrogen and oxygen atoms in total. The predicted molar refractivity (Wildman–Crippen MR) is 232 cm³/mol. The van der Waals surface area contributed by atoms with Crippen molar-refractivity contribution in [3.8, 4) is 0 Å². The summed E-state index contributed by atoms with van der Waals surface area (Å²) < 4.78 is 34.6. The van der Waals surface area contributed by atoms with Crippen LogP contribution in [0.1, 0.15) is 106 Å². The highest BCUT2D eigenvalue weighted by Gasteiger charge is 2.71. The van der Waals surface area contributed by atoms with Crippen molar-refractivity contribution in [2.75, 3.05) is 19.8 Å². The number of aliphatic carboxylic acids is 1. The van der Waals surface area contributed by atoms with Gasteiger partial charge in [-0.15, -0.1) is 0 Å². The van der Waals surface area contributed by atoms with E-state index in [9.17, 15) is 70.9 Å². The Morgan fingerprint density at radius 2 is 1.32 bits per heavy atom. The topological polar surface area (TPSA) is 332 Å². The highest BCUT2D eigenvalue weighted by atomic mass is 16.8. The molecule has 20 heteroatoms. The summed E-state index contributed by atoms with van der Waals surface area (Å²) in [4.78, 5) is 27.8. The van der Waals surface area contributed by atoms with Crippen LogP contribution in [0, 0.1) is 50.2 Å². The van der Waals surface area contributed by atoms with Crippen LogP contribution < -0.4 is 0 Å². The number of allylic oxidation sites excluding steroid dienone is 2. The first-order valence-electron chi connectivity index (χ1n) is 24.5. The van der Waals surface area contributed by atoms with Gasteiger partial charge >= 0.3 is 11.9 Å². The van der Waals surface area contributed by atoms with Crippen molar-refractivity contribution >= 4 is 11.9 Å². The summed E-state index contributed by atoms with van der Waals surface area (Å²) in [6, 6.07) is 0. The fraction of sp³-hybridized carbons (Fsp3) is 0.917. The van der Waals surface area contributed by atoms with Gasteiger partial charge in [-0.05, 0) is 117 Å². The lowest BCUT2D eigenvalue weighted by Crippen LogP contribution is -2.67. The molecule has 25 atom stereocenters. The molecule has 68 heavy (non-hydrogen) atoms. The average Bonchev–Trinajstić information content (AvgIpc) is 3.30. The van der Waals surface area contributed by atoms with E-state index in [2.05, 4.69) is 26.8 Å². The van der Waals surface area contributed by atoms with E-state index in [-0.39, 0.29) is 29.3 Å². The van der Waals surface area contributed by atoms with Crippen molar-refractivity contribution in [2.24, 2.45) is 50.2 Å². The smallest absolute Gasteiger partial charge is 0.315 e. The van der Waals surface area contributed by atoms with Crippen molar-refractivity contribution in [1.29, 1.82) is 0 Å². The Labute approximate surface area is 396 Å². The van der Waals surface area contributed by atoms with Gasteiger partial charge in [0.05, 0.1) is 36.3 Å². The number of carboxylic acids is 1. The van der Waals surface area contributed by atoms with Gasteiger partial charge in [-0.25, -0.2) is 0 Å². The van der Waals surface area contributed by atoms with Gasteiger partial charge in [-0.2, -0.15) is 0 Å². The van der Waals surface area contributed by atoms with Crippen molar-refractivity contribution in [1.82, 2.24) is 0 Å². The molecule has 7 fully saturated rings. The molecule has 3 aliphatic heterocycles. The second kappa shape index (κ2) is 18.5. The van der Waals surface area contributed by atoms with E-state index < -0.39 is 151 Å². The van der Waals surface area contributed by atoms with Gasteiger partial charge in [0, 0.05) is 6.61 Å². The third-order valence-electron chi connectivity index (χ3n) is 19.6. The number of hydrogen-bond acceptors (Lipinski definition) is 19. The summed E-state index contributed by atoms with van der Waals surface area (Å²) in [5.74, 6) is -2.20. The zero-order valence-electron chi connectivity index (χ0n) is 39.9. The summed E-state index contributed by atoms with van der Waals surface area (Å²) >= 11 is 0. The molecule has 5 aliphatic carbocycles. The van der Waals surface area contributed by atoms with Gasteiger partial charge in [-0.3, -0.25) is 9.59 Å². The van der Waals surface area contributed by atoms with Gasteiger partial charge < -0.3 is 89.7 Å². The minimum absolute atomic E-state index is 0.0893. The molecule has 388 valence electrons. The summed E-state index contributed by atoms with van der Waals surface area (Å²) in [6.45, 7) is 10.3. The lowest BCUT2D eigenvalue weighted by Gasteiger charge is -2.71. The summed E-state index contributed by atoms with van der Waals surface area (Å²) in [7, 11) is 0. The van der Waals surface area contributed by atoms with E-state index in [4.69, 9.17) is 28.4 Å². The third kappa shape index (κ3) is 7.94. The van der Waals surface area contributed by atoms with E-state index in [1.807, 2.05) is 6.92 Å². The van der Waals surface area contributed by atoms with Gasteiger partial charge in [0.2, 0.25) is 6.29 Å². The number of carbonyl (C=O) groups is 2. The largest absolute Gasteiger partial charge is 0.481 e. The Balaban J connectivity index is 0.991. The van der Waals surface area contributed by atoms with E-state index in [1.165, 1.54) is 6.92 Å². The molecule has 0 aromatic carbocycles. The van der Waals surface area contributed by atoms with Crippen LogP contribution in [0.4, 0.5) is 0 Å². The number of ether oxygens (including phenoxy) is 6. The average molecular weight is 973 g/mol. The monoisotopic (exact) mass is 972 g/mol. The zero-order valence-corrected chi connectivity index (χ0v) is 39.9. The van der Waals surface area contributed by atoms with Crippen LogP contribution in [0.5, 0.6) is 0 Å². The SMILES string of the molecule is C[C@@H]1O[C@@H](O[C@H]2[C@H](O)[C@@H](O)[C@H](OC[C@H]3O[C@@H](OC(=O)[C@]45CC[C@@](C)(CO)C[C@H]4C4=CC[C@@H]6[C@@]7(C)CC[C@H](O)[C@@](C)(C(=O)O)[C@@H]7CC[C@@]6(C)[C@]4(C)CC5)[C@H](O)[C@@H](O)[C@@H]3O)O[C@@H]2CO)[C@H](O)[C@H](O)[C@H]1O. The second-order valence-electron chi connectivity index (χ2n) is 23.1. The second-order valence-corrected chi connectivity index (χ2v) is 23.1. The molecular formula is C48H76O20. The standard InChI is InChI=1S/C48H76O20/c1-21-29(52)31(54)34(57)39(64-21)67-37-24(18-49)65-38(36(59)33(37)56)63-19-25-30(53)32(55)35(58)40(66-25)68-42(62)48-15-13-43(2,20-50)17-23(48)22-7-8-26-44(3)11-10-28(51)47(6,41(60)61)27(44)9-12-46(26,5)45(22,4)14-16-48/h7,21,23-40,49-59H,8-20H2,1-6H3,(H,60,61)/t21-,23-,24+,25+,26+,27+,28-,29-,30+,31+,32-,33+,34+,35+,36+,37+,38+,39-,40-,43+,44+,45+,46+,47-,48-/m0/s1. The van der Waals surface area contributed by atoms with E-state index in [0.717, 1.165) is 12.0 Å². The summed E-state index contributed by atoms with van der Waals surface area (Å²) in [5, 5.41) is 129. The summed E-state index contributed by atoms with van der Waals surface area (Å²) in [6.07, 6.45) is -18.1. The maximum Gasteiger partial charge on any atom is 0.315 e. The Morgan fingerprint density at radius 3 is 1.99 bits per heavy atom. The van der Waals surface area contributed by atoms with E-state index in [1.54, 1.807) is 6.92 Å². The number of carbonyl (C=O) groups excluding carboxylic acids is 1. The predicted octanol–water partition coefficient (Wildman–Crippen LogP) is -0.795. The van der Waals surface area contributed by atoms with Gasteiger partial charge in [0.1, 0.15) is 67.1 Å². The normalized spacial score (nSPS) is 54.8. The van der Waals surface area contributed by atoms with Gasteiger partial charge in [-0.1, -0.05) is 39.3 Å². The lowest BCUT2D eigenvalue weighted by molar-refractivity contribution is -0.361. The van der Waals surface area contributed by atoms with Crippen LogP contribution in [0.25, 0.3) is 0 Å². The minimum Gasteiger partial charge on any atom is -0.481 e. The molecule has 8 aliphatic rings. The molecule has 0 spiro atoms. The number of rotatable bonds is 10. The first-order valence-corrected chi connectivity index (χ1v) is 24.5.